The molecular weight excluding hydrogens is 593 g/mol. The molecular formula is C45H70BN3. The second-order valence-corrected chi connectivity index (χ2v) is 15.7. The molecule has 0 atom stereocenters. The molecule has 0 radical (unpaired) electrons. The standard InChI is InChI=1S/C45H70BN3/c1-10-13-16-19-26-47-37-22-24-43-41(31-37)46(45-39(34(6)7)29-36(33(4)5)30-40(45)35(8)9)42-32-38(48-27-20-17-14-11-2)23-25-44(42)49(43)28-21-18-15-12-3/h22-25,29-35,47-48H,10-21,26-28H2,1-9H3. The summed E-state index contributed by atoms with van der Waals surface area (Å²) in [5, 5.41) is 7.70. The lowest BCUT2D eigenvalue weighted by Gasteiger charge is -2.39. The van der Waals surface area contributed by atoms with E-state index in [1.807, 2.05) is 0 Å². The highest BCUT2D eigenvalue weighted by Crippen LogP contribution is 2.34. The fraction of sp³-hybridized carbons (Fsp3) is 0.600. The van der Waals surface area contributed by atoms with E-state index in [1.54, 1.807) is 5.46 Å². The van der Waals surface area contributed by atoms with Gasteiger partial charge in [-0.1, -0.05) is 138 Å². The van der Waals surface area contributed by atoms with Gasteiger partial charge in [0.05, 0.1) is 0 Å². The second kappa shape index (κ2) is 19.5. The molecule has 268 valence electrons. The molecule has 1 heterocycles. The Hall–Kier alpha value is -2.88. The molecule has 2 N–H and O–H groups in total. The summed E-state index contributed by atoms with van der Waals surface area (Å²) in [7, 11) is 0. The van der Waals surface area contributed by atoms with Crippen LogP contribution in [-0.4, -0.2) is 26.3 Å². The van der Waals surface area contributed by atoms with Gasteiger partial charge in [0.25, 0.3) is 0 Å². The van der Waals surface area contributed by atoms with Crippen LogP contribution in [0.25, 0.3) is 0 Å². The Morgan fingerprint density at radius 1 is 0.531 bits per heavy atom. The number of anilines is 4. The maximum absolute atomic E-state index is 3.85. The Balaban J connectivity index is 1.93. The summed E-state index contributed by atoms with van der Waals surface area (Å²) in [5.74, 6) is 1.37. The highest BCUT2D eigenvalue weighted by molar-refractivity contribution is 6.98. The molecule has 0 unspecified atom stereocenters. The van der Waals surface area contributed by atoms with E-state index in [-0.39, 0.29) is 6.71 Å². The first-order valence-electron chi connectivity index (χ1n) is 20.4. The topological polar surface area (TPSA) is 27.3 Å². The van der Waals surface area contributed by atoms with Crippen LogP contribution >= 0.6 is 0 Å². The highest BCUT2D eigenvalue weighted by Gasteiger charge is 2.38. The van der Waals surface area contributed by atoms with Crippen molar-refractivity contribution in [2.75, 3.05) is 35.2 Å². The third-order valence-electron chi connectivity index (χ3n) is 10.7. The van der Waals surface area contributed by atoms with Gasteiger partial charge in [-0.15, -0.1) is 0 Å². The molecule has 1 aliphatic heterocycles. The number of hydrogen-bond donors (Lipinski definition) is 2. The Bertz CT molecular complexity index is 1350. The van der Waals surface area contributed by atoms with Crippen molar-refractivity contribution < 1.29 is 0 Å². The van der Waals surface area contributed by atoms with Crippen LogP contribution in [0.15, 0.2) is 48.5 Å². The zero-order valence-corrected chi connectivity index (χ0v) is 33.0. The van der Waals surface area contributed by atoms with Gasteiger partial charge in [0.2, 0.25) is 6.71 Å². The van der Waals surface area contributed by atoms with E-state index in [4.69, 9.17) is 0 Å². The molecule has 0 aromatic heterocycles. The Morgan fingerprint density at radius 2 is 0.980 bits per heavy atom. The van der Waals surface area contributed by atoms with Crippen LogP contribution in [0.3, 0.4) is 0 Å². The molecule has 3 nitrogen and oxygen atoms in total. The summed E-state index contributed by atoms with van der Waals surface area (Å²) in [4.78, 5) is 2.67. The number of nitrogens with zero attached hydrogens (tertiary/aromatic N) is 1. The van der Waals surface area contributed by atoms with E-state index >= 15 is 0 Å². The summed E-state index contributed by atoms with van der Waals surface area (Å²) in [6.45, 7) is 24.5. The van der Waals surface area contributed by atoms with Gasteiger partial charge in [-0.25, -0.2) is 0 Å². The van der Waals surface area contributed by atoms with Crippen LogP contribution in [0.4, 0.5) is 22.7 Å². The summed E-state index contributed by atoms with van der Waals surface area (Å²) in [5.41, 5.74) is 14.3. The average molecular weight is 664 g/mol. The van der Waals surface area contributed by atoms with Crippen molar-refractivity contribution in [1.82, 2.24) is 0 Å². The number of fused-ring (bicyclic) bond motifs is 2. The van der Waals surface area contributed by atoms with Gasteiger partial charge in [-0.2, -0.15) is 0 Å². The normalized spacial score (nSPS) is 12.7. The van der Waals surface area contributed by atoms with Crippen molar-refractivity contribution in [3.8, 4) is 0 Å². The summed E-state index contributed by atoms with van der Waals surface area (Å²) in [6.07, 6.45) is 15.3. The molecule has 0 bridgehead atoms. The second-order valence-electron chi connectivity index (χ2n) is 15.7. The van der Waals surface area contributed by atoms with Gasteiger partial charge in [0, 0.05) is 42.4 Å². The summed E-state index contributed by atoms with van der Waals surface area (Å²) in [6, 6.07) is 19.7. The number of unbranched alkanes of at least 4 members (excludes halogenated alkanes) is 9. The zero-order chi connectivity index (χ0) is 35.3. The SMILES string of the molecule is CCCCCCNc1ccc2c(c1)B(c1c(C(C)C)cc(C(C)C)cc1C(C)C)c1cc(NCCCCCC)ccc1N2CCCCCC. The number of rotatable bonds is 21. The number of nitrogens with one attached hydrogen (secondary N) is 2. The molecule has 0 saturated carbocycles. The van der Waals surface area contributed by atoms with Gasteiger partial charge in [-0.3, -0.25) is 0 Å². The van der Waals surface area contributed by atoms with E-state index in [2.05, 4.69) is 126 Å². The summed E-state index contributed by atoms with van der Waals surface area (Å²) < 4.78 is 0. The highest BCUT2D eigenvalue weighted by atomic mass is 15.1. The smallest absolute Gasteiger partial charge is 0.247 e. The zero-order valence-electron chi connectivity index (χ0n) is 33.0. The van der Waals surface area contributed by atoms with Crippen LogP contribution in [0.2, 0.25) is 0 Å². The van der Waals surface area contributed by atoms with Gasteiger partial charge >= 0.3 is 0 Å². The molecule has 0 amide bonds. The van der Waals surface area contributed by atoms with E-state index in [1.165, 1.54) is 127 Å². The predicted octanol–water partition coefficient (Wildman–Crippen LogP) is 11.6. The maximum atomic E-state index is 3.85. The van der Waals surface area contributed by atoms with Crippen molar-refractivity contribution in [3.05, 3.63) is 65.2 Å². The van der Waals surface area contributed by atoms with Crippen molar-refractivity contribution >= 4 is 45.9 Å². The first-order valence-corrected chi connectivity index (χ1v) is 20.4. The van der Waals surface area contributed by atoms with E-state index in [0.29, 0.717) is 17.8 Å². The van der Waals surface area contributed by atoms with E-state index in [0.717, 1.165) is 19.6 Å². The monoisotopic (exact) mass is 664 g/mol. The quantitative estimate of drug-likeness (QED) is 0.0877. The van der Waals surface area contributed by atoms with Crippen molar-refractivity contribution in [2.45, 2.75) is 157 Å². The third-order valence-corrected chi connectivity index (χ3v) is 10.7. The van der Waals surface area contributed by atoms with Crippen molar-refractivity contribution in [1.29, 1.82) is 0 Å². The Labute approximate surface area is 302 Å². The molecule has 4 heteroatoms. The molecule has 3 aromatic rings. The van der Waals surface area contributed by atoms with Gasteiger partial charge in [0.15, 0.2) is 0 Å². The van der Waals surface area contributed by atoms with Crippen LogP contribution in [0.1, 0.15) is 174 Å². The molecule has 1 aliphatic rings. The molecule has 3 aromatic carbocycles. The van der Waals surface area contributed by atoms with Crippen molar-refractivity contribution in [2.24, 2.45) is 0 Å². The fourth-order valence-electron chi connectivity index (χ4n) is 7.74. The van der Waals surface area contributed by atoms with Crippen LogP contribution in [0, 0.1) is 0 Å². The molecule has 0 aliphatic carbocycles. The average Bonchev–Trinajstić information content (AvgIpc) is 3.08. The Morgan fingerprint density at radius 3 is 1.39 bits per heavy atom. The maximum Gasteiger partial charge on any atom is 0.247 e. The first-order chi connectivity index (χ1) is 23.7. The molecule has 0 saturated heterocycles. The largest absolute Gasteiger partial charge is 0.385 e. The third kappa shape index (κ3) is 10.1. The lowest BCUT2D eigenvalue weighted by atomic mass is 9.33. The van der Waals surface area contributed by atoms with E-state index < -0.39 is 0 Å². The van der Waals surface area contributed by atoms with Crippen LogP contribution in [0.5, 0.6) is 0 Å². The first kappa shape index (κ1) is 38.9. The lowest BCUT2D eigenvalue weighted by Crippen LogP contribution is -2.60. The van der Waals surface area contributed by atoms with Crippen LogP contribution in [-0.2, 0) is 0 Å². The minimum absolute atomic E-state index is 0.177. The fourth-order valence-corrected chi connectivity index (χ4v) is 7.74. The molecule has 0 fully saturated rings. The van der Waals surface area contributed by atoms with Crippen LogP contribution < -0.4 is 31.9 Å². The number of hydrogen-bond acceptors (Lipinski definition) is 3. The summed E-state index contributed by atoms with van der Waals surface area (Å²) >= 11 is 0. The minimum Gasteiger partial charge on any atom is -0.385 e. The lowest BCUT2D eigenvalue weighted by molar-refractivity contribution is 0.668. The molecule has 49 heavy (non-hydrogen) atoms. The number of benzene rings is 3. The predicted molar refractivity (Wildman–Crippen MR) is 223 cm³/mol. The molecule has 4 rings (SSSR count). The van der Waals surface area contributed by atoms with Crippen molar-refractivity contribution in [3.63, 3.8) is 0 Å². The van der Waals surface area contributed by atoms with Gasteiger partial charge < -0.3 is 15.5 Å². The van der Waals surface area contributed by atoms with Gasteiger partial charge in [-0.05, 0) is 101 Å². The van der Waals surface area contributed by atoms with E-state index in [9.17, 15) is 0 Å². The Kier molecular flexibility index (Phi) is 15.5. The molecule has 0 spiro atoms. The van der Waals surface area contributed by atoms with Gasteiger partial charge in [0.1, 0.15) is 0 Å². The minimum atomic E-state index is 0.177.